The minimum Gasteiger partial charge on any atom is -0.465 e. The van der Waals surface area contributed by atoms with E-state index in [9.17, 15) is 4.79 Å². The second-order valence-electron chi connectivity index (χ2n) is 2.77. The molecule has 3 nitrogen and oxygen atoms in total. The number of benzene rings is 1. The highest BCUT2D eigenvalue weighted by atomic mass is 127. The van der Waals surface area contributed by atoms with E-state index in [0.29, 0.717) is 12.2 Å². The Hall–Kier alpha value is -0.620. The summed E-state index contributed by atoms with van der Waals surface area (Å²) in [5, 5.41) is 0. The van der Waals surface area contributed by atoms with Gasteiger partial charge < -0.3 is 9.47 Å². The third kappa shape index (κ3) is 2.95. The zero-order valence-corrected chi connectivity index (χ0v) is 10.2. The molecule has 0 amide bonds. The van der Waals surface area contributed by atoms with Crippen molar-refractivity contribution in [1.29, 1.82) is 0 Å². The van der Waals surface area contributed by atoms with Crippen LogP contribution in [0.25, 0.3) is 0 Å². The highest BCUT2D eigenvalue weighted by Crippen LogP contribution is 2.14. The van der Waals surface area contributed by atoms with Crippen LogP contribution in [0.5, 0.6) is 0 Å². The number of ether oxygens (including phenoxy) is 2. The van der Waals surface area contributed by atoms with Gasteiger partial charge in [0.15, 0.2) is 0 Å². The summed E-state index contributed by atoms with van der Waals surface area (Å²) in [7, 11) is 3.00. The molecule has 1 rings (SSSR count). The highest BCUT2D eigenvalue weighted by Gasteiger charge is 2.07. The van der Waals surface area contributed by atoms with Gasteiger partial charge in [-0.2, -0.15) is 0 Å². The van der Waals surface area contributed by atoms with E-state index < -0.39 is 0 Å². The predicted octanol–water partition coefficient (Wildman–Crippen LogP) is 2.22. The molecule has 0 radical (unpaired) electrons. The number of methoxy groups -OCH3 is 2. The molecule has 0 fully saturated rings. The molecule has 14 heavy (non-hydrogen) atoms. The van der Waals surface area contributed by atoms with Crippen molar-refractivity contribution in [3.63, 3.8) is 0 Å². The van der Waals surface area contributed by atoms with Gasteiger partial charge in [-0.1, -0.05) is 0 Å². The van der Waals surface area contributed by atoms with Gasteiger partial charge in [0, 0.05) is 10.7 Å². The molecular weight excluding hydrogens is 295 g/mol. The summed E-state index contributed by atoms with van der Waals surface area (Å²) in [6.07, 6.45) is 0. The van der Waals surface area contributed by atoms with E-state index >= 15 is 0 Å². The molecule has 1 aromatic rings. The van der Waals surface area contributed by atoms with Crippen molar-refractivity contribution >= 4 is 28.6 Å². The number of carbonyl (C=O) groups excluding carboxylic acids is 1. The van der Waals surface area contributed by atoms with Crippen molar-refractivity contribution in [2.24, 2.45) is 0 Å². The second-order valence-corrected chi connectivity index (χ2v) is 4.02. The van der Waals surface area contributed by atoms with E-state index in [1.807, 2.05) is 6.07 Å². The lowest BCUT2D eigenvalue weighted by atomic mass is 10.1. The van der Waals surface area contributed by atoms with Crippen LogP contribution < -0.4 is 0 Å². The van der Waals surface area contributed by atoms with E-state index in [4.69, 9.17) is 4.74 Å². The summed E-state index contributed by atoms with van der Waals surface area (Å²) in [6.45, 7) is 0.501. The first-order valence-electron chi connectivity index (χ1n) is 4.04. The Morgan fingerprint density at radius 3 is 2.64 bits per heavy atom. The lowest BCUT2D eigenvalue weighted by molar-refractivity contribution is 0.0600. The fraction of sp³-hybridized carbons (Fsp3) is 0.300. The fourth-order valence-corrected chi connectivity index (χ4v) is 1.87. The molecule has 0 heterocycles. The van der Waals surface area contributed by atoms with Crippen LogP contribution in [0.4, 0.5) is 0 Å². The normalized spacial score (nSPS) is 9.93. The third-order valence-electron chi connectivity index (χ3n) is 1.69. The Labute approximate surface area is 96.5 Å². The minimum atomic E-state index is -0.319. The lowest BCUT2D eigenvalue weighted by Gasteiger charge is -2.04. The van der Waals surface area contributed by atoms with Gasteiger partial charge >= 0.3 is 5.97 Å². The molecule has 0 saturated heterocycles. The molecule has 0 aromatic heterocycles. The molecule has 4 heteroatoms. The maximum atomic E-state index is 11.3. The lowest BCUT2D eigenvalue weighted by Crippen LogP contribution is -2.03. The topological polar surface area (TPSA) is 35.5 Å². The van der Waals surface area contributed by atoms with Crippen LogP contribution in [-0.2, 0) is 16.1 Å². The van der Waals surface area contributed by atoms with Crippen molar-refractivity contribution in [3.8, 4) is 0 Å². The molecule has 0 spiro atoms. The minimum absolute atomic E-state index is 0.319. The predicted molar refractivity (Wildman–Crippen MR) is 61.2 cm³/mol. The molecule has 0 atom stereocenters. The Morgan fingerprint density at radius 2 is 2.07 bits per heavy atom. The van der Waals surface area contributed by atoms with Gasteiger partial charge in [0.2, 0.25) is 0 Å². The van der Waals surface area contributed by atoms with Gasteiger partial charge in [0.05, 0.1) is 19.3 Å². The third-order valence-corrected chi connectivity index (χ3v) is 2.31. The Bertz CT molecular complexity index is 336. The molecule has 0 unspecified atom stereocenters. The molecule has 76 valence electrons. The largest absolute Gasteiger partial charge is 0.465 e. The van der Waals surface area contributed by atoms with E-state index in [2.05, 4.69) is 27.3 Å². The van der Waals surface area contributed by atoms with E-state index in [0.717, 1.165) is 9.13 Å². The molecule has 0 bridgehead atoms. The van der Waals surface area contributed by atoms with E-state index in [1.165, 1.54) is 7.11 Å². The molecule has 1 aromatic carbocycles. The van der Waals surface area contributed by atoms with Crippen LogP contribution in [0.3, 0.4) is 0 Å². The maximum absolute atomic E-state index is 11.3. The Kier molecular flexibility index (Phi) is 4.34. The molecule has 0 N–H and O–H groups in total. The van der Waals surface area contributed by atoms with Crippen LogP contribution >= 0.6 is 22.6 Å². The molecule has 0 aliphatic carbocycles. The number of halogens is 1. The van der Waals surface area contributed by atoms with Crippen molar-refractivity contribution in [2.75, 3.05) is 14.2 Å². The van der Waals surface area contributed by atoms with Gasteiger partial charge in [-0.05, 0) is 46.4 Å². The van der Waals surface area contributed by atoms with Gasteiger partial charge in [-0.25, -0.2) is 4.79 Å². The van der Waals surface area contributed by atoms with E-state index in [1.54, 1.807) is 19.2 Å². The fourth-order valence-electron chi connectivity index (χ4n) is 1.14. The number of carbonyl (C=O) groups is 1. The van der Waals surface area contributed by atoms with Gasteiger partial charge in [-0.15, -0.1) is 0 Å². The summed E-state index contributed by atoms with van der Waals surface area (Å²) in [6, 6.07) is 5.53. The second kappa shape index (κ2) is 5.31. The quantitative estimate of drug-likeness (QED) is 0.634. The van der Waals surface area contributed by atoms with Gasteiger partial charge in [0.25, 0.3) is 0 Å². The number of hydrogen-bond donors (Lipinski definition) is 0. The van der Waals surface area contributed by atoms with Crippen molar-refractivity contribution in [3.05, 3.63) is 32.9 Å². The van der Waals surface area contributed by atoms with Crippen LogP contribution in [0.15, 0.2) is 18.2 Å². The Balaban J connectivity index is 3.00. The molecular formula is C10H11IO3. The summed E-state index contributed by atoms with van der Waals surface area (Å²) in [5.41, 5.74) is 1.53. The highest BCUT2D eigenvalue weighted by molar-refractivity contribution is 14.1. The van der Waals surface area contributed by atoms with Crippen LogP contribution in [0, 0.1) is 3.57 Å². The molecule has 0 saturated carbocycles. The smallest absolute Gasteiger partial charge is 0.337 e. The van der Waals surface area contributed by atoms with Crippen LogP contribution in [-0.4, -0.2) is 20.2 Å². The first kappa shape index (κ1) is 11.5. The average Bonchev–Trinajstić information content (AvgIpc) is 2.16. The molecule has 0 aliphatic heterocycles. The van der Waals surface area contributed by atoms with Gasteiger partial charge in [0.1, 0.15) is 0 Å². The summed E-state index contributed by atoms with van der Waals surface area (Å²) >= 11 is 2.16. The number of rotatable bonds is 3. The first-order chi connectivity index (χ1) is 6.67. The van der Waals surface area contributed by atoms with E-state index in [-0.39, 0.29) is 5.97 Å². The van der Waals surface area contributed by atoms with Crippen LogP contribution in [0.2, 0.25) is 0 Å². The van der Waals surface area contributed by atoms with Crippen molar-refractivity contribution in [2.45, 2.75) is 6.61 Å². The average molecular weight is 306 g/mol. The Morgan fingerprint density at radius 1 is 1.36 bits per heavy atom. The SMILES string of the molecule is COCc1cc(I)cc(C(=O)OC)c1. The molecule has 0 aliphatic rings. The summed E-state index contributed by atoms with van der Waals surface area (Å²) in [4.78, 5) is 11.3. The zero-order valence-electron chi connectivity index (χ0n) is 8.04. The maximum Gasteiger partial charge on any atom is 0.337 e. The van der Waals surface area contributed by atoms with Gasteiger partial charge in [-0.3, -0.25) is 0 Å². The number of hydrogen-bond acceptors (Lipinski definition) is 3. The van der Waals surface area contributed by atoms with Crippen LogP contribution in [0.1, 0.15) is 15.9 Å². The number of esters is 1. The first-order valence-corrected chi connectivity index (χ1v) is 5.12. The monoisotopic (exact) mass is 306 g/mol. The summed E-state index contributed by atoms with van der Waals surface area (Å²) in [5.74, 6) is -0.319. The van der Waals surface area contributed by atoms with Crippen molar-refractivity contribution in [1.82, 2.24) is 0 Å². The zero-order chi connectivity index (χ0) is 10.6. The standard InChI is InChI=1S/C10H11IO3/c1-13-6-7-3-8(10(12)14-2)5-9(11)4-7/h3-5H,6H2,1-2H3. The summed E-state index contributed by atoms with van der Waals surface area (Å²) < 4.78 is 10.6. The van der Waals surface area contributed by atoms with Crippen molar-refractivity contribution < 1.29 is 14.3 Å².